The average molecular weight is 248 g/mol. The quantitative estimate of drug-likeness (QED) is 0.432. The molecule has 0 aliphatic carbocycles. The van der Waals surface area contributed by atoms with Gasteiger partial charge in [0.05, 0.1) is 12.2 Å². The fourth-order valence-corrected chi connectivity index (χ4v) is 1.52. The van der Waals surface area contributed by atoms with Gasteiger partial charge < -0.3 is 15.3 Å². The number of phenolic OH excluding ortho intramolecular Hbond substituents is 2. The minimum atomic E-state index is -0.360. The second-order valence-corrected chi connectivity index (χ2v) is 3.90. The number of aliphatic hydroxyl groups is 1. The first-order valence-corrected chi connectivity index (χ1v) is 5.49. The van der Waals surface area contributed by atoms with Gasteiger partial charge in [0, 0.05) is 5.56 Å². The van der Waals surface area contributed by atoms with Crippen LogP contribution in [-0.4, -0.2) is 27.7 Å². The Labute approximate surface area is 106 Å². The number of ketones is 1. The van der Waals surface area contributed by atoms with Gasteiger partial charge in [-0.15, -0.1) is 0 Å². The lowest BCUT2D eigenvalue weighted by Crippen LogP contribution is -1.98. The zero-order chi connectivity index (χ0) is 13.7. The van der Waals surface area contributed by atoms with Crippen LogP contribution in [0, 0.1) is 13.8 Å². The van der Waals surface area contributed by atoms with Crippen LogP contribution in [0.3, 0.4) is 0 Å². The molecule has 0 unspecified atom stereocenters. The molecule has 0 radical (unpaired) electrons. The molecule has 0 aromatic heterocycles. The van der Waals surface area contributed by atoms with Gasteiger partial charge in [-0.3, -0.25) is 4.79 Å². The molecular formula is C14H16O4. The molecule has 1 aromatic carbocycles. The normalized spacial score (nSPS) is 11.5. The van der Waals surface area contributed by atoms with Crippen molar-refractivity contribution in [3.8, 4) is 11.5 Å². The first-order valence-electron chi connectivity index (χ1n) is 5.49. The lowest BCUT2D eigenvalue weighted by molar-refractivity contribution is 0.104. The fourth-order valence-electron chi connectivity index (χ4n) is 1.52. The van der Waals surface area contributed by atoms with E-state index in [1.54, 1.807) is 13.8 Å². The van der Waals surface area contributed by atoms with Crippen molar-refractivity contribution in [2.75, 3.05) is 6.61 Å². The number of phenols is 2. The number of hydrogen-bond donors (Lipinski definition) is 3. The Balaban J connectivity index is 3.07. The standard InChI is InChI=1S/C14H16O4/c1-9-8-11(14(18)10(2)13(9)17)12(16)6-4-3-5-7-15/h3-6,8,15,17-18H,7H2,1-2H3/b5-3+,6-4+. The fraction of sp³-hybridized carbons (Fsp3) is 0.214. The van der Waals surface area contributed by atoms with E-state index in [9.17, 15) is 15.0 Å². The number of hydrogen-bond acceptors (Lipinski definition) is 4. The van der Waals surface area contributed by atoms with Crippen molar-refractivity contribution >= 4 is 5.78 Å². The first-order chi connectivity index (χ1) is 8.49. The SMILES string of the molecule is Cc1cc(C(=O)/C=C/C=C/CO)c(O)c(C)c1O. The number of rotatable bonds is 4. The topological polar surface area (TPSA) is 77.8 Å². The summed E-state index contributed by atoms with van der Waals surface area (Å²) in [4.78, 5) is 11.8. The van der Waals surface area contributed by atoms with Gasteiger partial charge >= 0.3 is 0 Å². The van der Waals surface area contributed by atoms with Crippen LogP contribution < -0.4 is 0 Å². The summed E-state index contributed by atoms with van der Waals surface area (Å²) in [5.41, 5.74) is 0.974. The van der Waals surface area contributed by atoms with Gasteiger partial charge in [0.2, 0.25) is 0 Å². The summed E-state index contributed by atoms with van der Waals surface area (Å²) < 4.78 is 0. The highest BCUT2D eigenvalue weighted by Gasteiger charge is 2.15. The lowest BCUT2D eigenvalue weighted by Gasteiger charge is -2.09. The molecule has 0 fully saturated rings. The van der Waals surface area contributed by atoms with E-state index in [2.05, 4.69) is 0 Å². The highest BCUT2D eigenvalue weighted by molar-refractivity contribution is 6.07. The van der Waals surface area contributed by atoms with Gasteiger partial charge in [0.25, 0.3) is 0 Å². The molecule has 0 spiro atoms. The maximum atomic E-state index is 11.8. The molecule has 0 saturated heterocycles. The average Bonchev–Trinajstić information content (AvgIpc) is 2.36. The minimum Gasteiger partial charge on any atom is -0.507 e. The number of carbonyl (C=O) groups is 1. The minimum absolute atomic E-state index is 0.00629. The number of carbonyl (C=O) groups excluding carboxylic acids is 1. The number of allylic oxidation sites excluding steroid dienone is 3. The second-order valence-electron chi connectivity index (χ2n) is 3.90. The Morgan fingerprint density at radius 3 is 2.50 bits per heavy atom. The van der Waals surface area contributed by atoms with E-state index in [0.717, 1.165) is 0 Å². The van der Waals surface area contributed by atoms with E-state index in [1.165, 1.54) is 30.4 Å². The summed E-state index contributed by atoms with van der Waals surface area (Å²) in [5, 5.41) is 27.9. The summed E-state index contributed by atoms with van der Waals surface area (Å²) >= 11 is 0. The molecule has 3 N–H and O–H groups in total. The molecule has 0 bridgehead atoms. The van der Waals surface area contributed by atoms with Crippen LogP contribution in [0.4, 0.5) is 0 Å². The molecule has 1 aromatic rings. The zero-order valence-corrected chi connectivity index (χ0v) is 10.3. The van der Waals surface area contributed by atoms with Gasteiger partial charge in [-0.05, 0) is 31.6 Å². The molecule has 0 aliphatic rings. The van der Waals surface area contributed by atoms with Crippen LogP contribution in [0.15, 0.2) is 30.4 Å². The van der Waals surface area contributed by atoms with Gasteiger partial charge in [-0.25, -0.2) is 0 Å². The predicted molar refractivity (Wildman–Crippen MR) is 68.9 cm³/mol. The number of aliphatic hydroxyl groups excluding tert-OH is 1. The molecule has 4 heteroatoms. The molecule has 4 nitrogen and oxygen atoms in total. The first kappa shape index (κ1) is 14.0. The van der Waals surface area contributed by atoms with Crippen molar-refractivity contribution in [2.24, 2.45) is 0 Å². The summed E-state index contributed by atoms with van der Waals surface area (Å²) in [7, 11) is 0. The van der Waals surface area contributed by atoms with Crippen molar-refractivity contribution in [1.82, 2.24) is 0 Å². The van der Waals surface area contributed by atoms with Gasteiger partial charge in [-0.1, -0.05) is 18.2 Å². The van der Waals surface area contributed by atoms with Gasteiger partial charge in [-0.2, -0.15) is 0 Å². The molecule has 18 heavy (non-hydrogen) atoms. The monoisotopic (exact) mass is 248 g/mol. The van der Waals surface area contributed by atoms with Crippen molar-refractivity contribution in [3.05, 3.63) is 47.1 Å². The molecule has 0 saturated carbocycles. The van der Waals surface area contributed by atoms with E-state index in [0.29, 0.717) is 5.56 Å². The molecule has 0 amide bonds. The molecule has 0 heterocycles. The third-order valence-corrected chi connectivity index (χ3v) is 2.57. The van der Waals surface area contributed by atoms with Crippen LogP contribution >= 0.6 is 0 Å². The Bertz CT molecular complexity index is 513. The Morgan fingerprint density at radius 2 is 1.89 bits per heavy atom. The predicted octanol–water partition coefficient (Wildman–Crippen LogP) is 2.00. The van der Waals surface area contributed by atoms with Crippen molar-refractivity contribution in [1.29, 1.82) is 0 Å². The Morgan fingerprint density at radius 1 is 1.22 bits per heavy atom. The van der Waals surface area contributed by atoms with E-state index in [4.69, 9.17) is 5.11 Å². The maximum Gasteiger partial charge on any atom is 0.189 e. The number of benzene rings is 1. The highest BCUT2D eigenvalue weighted by Crippen LogP contribution is 2.33. The molecule has 0 aliphatic heterocycles. The van der Waals surface area contributed by atoms with Crippen LogP contribution in [0.5, 0.6) is 11.5 Å². The van der Waals surface area contributed by atoms with Crippen molar-refractivity contribution in [2.45, 2.75) is 13.8 Å². The zero-order valence-electron chi connectivity index (χ0n) is 10.3. The van der Waals surface area contributed by atoms with E-state index < -0.39 is 0 Å². The van der Waals surface area contributed by atoms with Crippen LogP contribution in [0.1, 0.15) is 21.5 Å². The Hall–Kier alpha value is -2.07. The maximum absolute atomic E-state index is 11.8. The van der Waals surface area contributed by atoms with Crippen LogP contribution in [-0.2, 0) is 0 Å². The molecule has 96 valence electrons. The summed E-state index contributed by atoms with van der Waals surface area (Å²) in [5.74, 6) is -0.576. The largest absolute Gasteiger partial charge is 0.507 e. The molecule has 1 rings (SSSR count). The van der Waals surface area contributed by atoms with Crippen molar-refractivity contribution < 1.29 is 20.1 Å². The summed E-state index contributed by atoms with van der Waals surface area (Å²) in [6.45, 7) is 3.11. The van der Waals surface area contributed by atoms with Crippen LogP contribution in [0.2, 0.25) is 0 Å². The van der Waals surface area contributed by atoms with Gasteiger partial charge in [0.1, 0.15) is 11.5 Å². The number of aromatic hydroxyl groups is 2. The summed E-state index contributed by atoms with van der Waals surface area (Å²) in [6, 6.07) is 1.44. The van der Waals surface area contributed by atoms with E-state index in [1.807, 2.05) is 0 Å². The van der Waals surface area contributed by atoms with Crippen LogP contribution in [0.25, 0.3) is 0 Å². The van der Waals surface area contributed by atoms with E-state index in [-0.39, 0.29) is 35.0 Å². The Kier molecular flexibility index (Phi) is 4.68. The molecular weight excluding hydrogens is 232 g/mol. The van der Waals surface area contributed by atoms with Crippen molar-refractivity contribution in [3.63, 3.8) is 0 Å². The molecule has 0 atom stereocenters. The highest BCUT2D eigenvalue weighted by atomic mass is 16.3. The second kappa shape index (κ2) is 6.02. The van der Waals surface area contributed by atoms with E-state index >= 15 is 0 Å². The third-order valence-electron chi connectivity index (χ3n) is 2.57. The lowest BCUT2D eigenvalue weighted by atomic mass is 10.0. The summed E-state index contributed by atoms with van der Waals surface area (Å²) in [6.07, 6.45) is 5.79. The third kappa shape index (κ3) is 2.99. The number of aryl methyl sites for hydroxylation is 1. The van der Waals surface area contributed by atoms with Gasteiger partial charge in [0.15, 0.2) is 5.78 Å². The smallest absolute Gasteiger partial charge is 0.189 e.